The van der Waals surface area contributed by atoms with Crippen LogP contribution in [-0.4, -0.2) is 19.6 Å². The number of halogens is 1. The number of nitrogens with two attached hydrogens (primary N) is 1. The molecule has 2 N–H and O–H groups in total. The van der Waals surface area contributed by atoms with Crippen LogP contribution in [0.15, 0.2) is 24.3 Å². The Labute approximate surface area is 115 Å². The minimum absolute atomic E-state index is 0.245. The highest BCUT2D eigenvalue weighted by atomic mass is 35.5. The zero-order chi connectivity index (χ0) is 13.6. The Morgan fingerprint density at radius 1 is 1.11 bits per heavy atom. The maximum atomic E-state index is 6.10. The molecule has 2 aromatic heterocycles. The molecule has 0 unspecified atom stereocenters. The number of rotatable bonds is 1. The van der Waals surface area contributed by atoms with Gasteiger partial charge in [0.25, 0.3) is 0 Å². The fraction of sp³-hybridized carbons (Fsp3) is 0.154. The topological polar surface area (TPSA) is 69.1 Å². The highest BCUT2D eigenvalue weighted by Gasteiger charge is 2.15. The van der Waals surface area contributed by atoms with E-state index in [0.29, 0.717) is 17.2 Å². The summed E-state index contributed by atoms with van der Waals surface area (Å²) in [7, 11) is 0. The van der Waals surface area contributed by atoms with E-state index in [1.165, 1.54) is 10.1 Å². The first kappa shape index (κ1) is 11.9. The molecule has 0 atom stereocenters. The number of aromatic nitrogens is 4. The van der Waals surface area contributed by atoms with Crippen LogP contribution in [0.3, 0.4) is 0 Å². The fourth-order valence-electron chi connectivity index (χ4n) is 1.94. The lowest BCUT2D eigenvalue weighted by Gasteiger charge is -2.06. The molecule has 0 radical (unpaired) electrons. The van der Waals surface area contributed by atoms with Gasteiger partial charge in [-0.25, -0.2) is 9.97 Å². The molecule has 3 rings (SSSR count). The van der Waals surface area contributed by atoms with Crippen molar-refractivity contribution in [2.45, 2.75) is 13.8 Å². The molecule has 19 heavy (non-hydrogen) atoms. The van der Waals surface area contributed by atoms with E-state index in [4.69, 9.17) is 17.3 Å². The van der Waals surface area contributed by atoms with Gasteiger partial charge in [-0.3, -0.25) is 0 Å². The Balaban J connectivity index is 2.34. The first-order valence-electron chi connectivity index (χ1n) is 5.81. The van der Waals surface area contributed by atoms with Gasteiger partial charge >= 0.3 is 0 Å². The quantitative estimate of drug-likeness (QED) is 0.740. The predicted molar refractivity (Wildman–Crippen MR) is 75.1 cm³/mol. The van der Waals surface area contributed by atoms with Gasteiger partial charge in [0, 0.05) is 5.56 Å². The summed E-state index contributed by atoms with van der Waals surface area (Å²) in [5, 5.41) is 4.51. The highest BCUT2D eigenvalue weighted by Crippen LogP contribution is 2.27. The smallest absolute Gasteiger partial charge is 0.183 e. The molecule has 0 spiro atoms. The number of benzene rings is 1. The van der Waals surface area contributed by atoms with Gasteiger partial charge < -0.3 is 5.73 Å². The van der Waals surface area contributed by atoms with Gasteiger partial charge in [-0.15, -0.1) is 5.10 Å². The molecule has 0 fully saturated rings. The van der Waals surface area contributed by atoms with E-state index in [1.807, 2.05) is 31.2 Å². The number of nitrogen functional groups attached to an aromatic ring is 1. The average Bonchev–Trinajstić information content (AvgIpc) is 2.77. The van der Waals surface area contributed by atoms with Crippen LogP contribution in [0.25, 0.3) is 16.9 Å². The van der Waals surface area contributed by atoms with E-state index in [2.05, 4.69) is 15.1 Å². The Bertz CT molecular complexity index is 761. The molecule has 0 saturated carbocycles. The number of nitrogens with zero attached hydrogens (tertiary/aromatic N) is 4. The Morgan fingerprint density at radius 3 is 2.47 bits per heavy atom. The summed E-state index contributed by atoms with van der Waals surface area (Å²) in [6, 6.07) is 7.99. The van der Waals surface area contributed by atoms with Crippen molar-refractivity contribution in [3.8, 4) is 11.3 Å². The molecule has 0 aliphatic carbocycles. The van der Waals surface area contributed by atoms with Crippen molar-refractivity contribution in [3.63, 3.8) is 0 Å². The second-order valence-corrected chi connectivity index (χ2v) is 4.75. The van der Waals surface area contributed by atoms with Crippen LogP contribution >= 0.6 is 11.6 Å². The van der Waals surface area contributed by atoms with Crippen LogP contribution in [0.5, 0.6) is 0 Å². The van der Waals surface area contributed by atoms with Crippen molar-refractivity contribution in [1.29, 1.82) is 0 Å². The number of aryl methyl sites for hydroxylation is 2. The highest BCUT2D eigenvalue weighted by molar-refractivity contribution is 6.32. The van der Waals surface area contributed by atoms with Gasteiger partial charge in [0.1, 0.15) is 11.5 Å². The Morgan fingerprint density at radius 2 is 1.79 bits per heavy atom. The second-order valence-electron chi connectivity index (χ2n) is 4.40. The summed E-state index contributed by atoms with van der Waals surface area (Å²) in [6.45, 7) is 3.84. The van der Waals surface area contributed by atoms with Crippen molar-refractivity contribution in [3.05, 3.63) is 40.8 Å². The third kappa shape index (κ3) is 1.92. The van der Waals surface area contributed by atoms with Gasteiger partial charge in [-0.05, 0) is 13.8 Å². The third-order valence-corrected chi connectivity index (χ3v) is 3.23. The molecule has 0 aliphatic heterocycles. The summed E-state index contributed by atoms with van der Waals surface area (Å²) in [4.78, 5) is 8.70. The lowest BCUT2D eigenvalue weighted by Crippen LogP contribution is -2.02. The molecule has 3 aromatic rings. The molecule has 0 aliphatic rings. The molecule has 1 aromatic carbocycles. The third-order valence-electron chi connectivity index (χ3n) is 2.88. The van der Waals surface area contributed by atoms with Crippen LogP contribution in [0.2, 0.25) is 5.15 Å². The van der Waals surface area contributed by atoms with E-state index in [-0.39, 0.29) is 11.0 Å². The average molecular weight is 274 g/mol. The van der Waals surface area contributed by atoms with Crippen molar-refractivity contribution in [1.82, 2.24) is 19.6 Å². The largest absolute Gasteiger partial charge is 0.381 e. The van der Waals surface area contributed by atoms with Gasteiger partial charge in [0.2, 0.25) is 0 Å². The van der Waals surface area contributed by atoms with E-state index in [9.17, 15) is 0 Å². The minimum atomic E-state index is 0.245. The van der Waals surface area contributed by atoms with E-state index >= 15 is 0 Å². The first-order chi connectivity index (χ1) is 9.06. The summed E-state index contributed by atoms with van der Waals surface area (Å²) in [5.74, 6) is 0.873. The van der Waals surface area contributed by atoms with E-state index in [0.717, 1.165) is 5.56 Å². The molecular weight excluding hydrogens is 262 g/mol. The van der Waals surface area contributed by atoms with Crippen LogP contribution in [-0.2, 0) is 0 Å². The van der Waals surface area contributed by atoms with Crippen molar-refractivity contribution >= 4 is 23.1 Å². The first-order valence-corrected chi connectivity index (χ1v) is 6.19. The maximum Gasteiger partial charge on any atom is 0.183 e. The molecule has 0 amide bonds. The van der Waals surface area contributed by atoms with Gasteiger partial charge in [-0.1, -0.05) is 41.4 Å². The zero-order valence-corrected chi connectivity index (χ0v) is 11.3. The molecule has 2 heterocycles. The fourth-order valence-corrected chi connectivity index (χ4v) is 2.10. The Hall–Kier alpha value is -2.14. The number of anilines is 1. The predicted octanol–water partition coefficient (Wildman–Crippen LogP) is 2.64. The number of fused-ring (bicyclic) bond motifs is 1. The van der Waals surface area contributed by atoms with E-state index < -0.39 is 0 Å². The summed E-state index contributed by atoms with van der Waals surface area (Å²) in [5.41, 5.74) is 9.24. The van der Waals surface area contributed by atoms with Gasteiger partial charge in [-0.2, -0.15) is 4.52 Å². The minimum Gasteiger partial charge on any atom is -0.381 e. The number of hydrogen-bond donors (Lipinski definition) is 1. The molecule has 5 nitrogen and oxygen atoms in total. The van der Waals surface area contributed by atoms with Gasteiger partial charge in [0.05, 0.1) is 0 Å². The van der Waals surface area contributed by atoms with Crippen molar-refractivity contribution in [2.75, 3.05) is 5.73 Å². The summed E-state index contributed by atoms with van der Waals surface area (Å²) >= 11 is 6.10. The SMILES string of the molecule is Cc1ccc(-c2nc(N)c(Cl)n3nc(C)nc23)cc1. The van der Waals surface area contributed by atoms with Crippen LogP contribution < -0.4 is 5.73 Å². The molecular formula is C13H12ClN5. The maximum absolute atomic E-state index is 6.10. The standard InChI is InChI=1S/C13H12ClN5/c1-7-3-5-9(6-4-7)10-13-16-8(2)18-19(13)11(14)12(15)17-10/h3-6H,15H2,1-2H3. The normalized spacial score (nSPS) is 11.1. The van der Waals surface area contributed by atoms with Crippen LogP contribution in [0.4, 0.5) is 5.82 Å². The van der Waals surface area contributed by atoms with Crippen LogP contribution in [0, 0.1) is 13.8 Å². The summed E-state index contributed by atoms with van der Waals surface area (Å²) in [6.07, 6.45) is 0. The summed E-state index contributed by atoms with van der Waals surface area (Å²) < 4.78 is 1.52. The zero-order valence-electron chi connectivity index (χ0n) is 10.6. The van der Waals surface area contributed by atoms with E-state index in [1.54, 1.807) is 6.92 Å². The molecule has 6 heteroatoms. The molecule has 0 bridgehead atoms. The van der Waals surface area contributed by atoms with Crippen molar-refractivity contribution in [2.24, 2.45) is 0 Å². The van der Waals surface area contributed by atoms with Crippen molar-refractivity contribution < 1.29 is 0 Å². The molecule has 96 valence electrons. The lowest BCUT2D eigenvalue weighted by molar-refractivity contribution is 0.925. The monoisotopic (exact) mass is 273 g/mol. The number of hydrogen-bond acceptors (Lipinski definition) is 4. The van der Waals surface area contributed by atoms with Crippen LogP contribution in [0.1, 0.15) is 11.4 Å². The Kier molecular flexibility index (Phi) is 2.64. The van der Waals surface area contributed by atoms with Gasteiger partial charge in [0.15, 0.2) is 16.6 Å². The lowest BCUT2D eigenvalue weighted by atomic mass is 10.1. The second kappa shape index (κ2) is 4.20. The molecule has 0 saturated heterocycles.